The maximum absolute atomic E-state index is 5.86. The summed E-state index contributed by atoms with van der Waals surface area (Å²) < 4.78 is 11.7. The van der Waals surface area contributed by atoms with Crippen molar-refractivity contribution in [3.63, 3.8) is 0 Å². The normalized spacial score (nSPS) is 12.4. The van der Waals surface area contributed by atoms with Gasteiger partial charge in [0.15, 0.2) is 32.9 Å². The van der Waals surface area contributed by atoms with Gasteiger partial charge in [0.2, 0.25) is 0 Å². The molecular weight excluding hydrogens is 1760 g/mol. The number of rotatable bonds is 29. The molecule has 12 heterocycles. The molecule has 20 heteroatoms. The van der Waals surface area contributed by atoms with Gasteiger partial charge < -0.3 is 42.4 Å². The molecule has 0 spiro atoms. The van der Waals surface area contributed by atoms with Gasteiger partial charge in [-0.15, -0.1) is 0 Å². The van der Waals surface area contributed by atoms with Gasteiger partial charge in [-0.2, -0.15) is 0 Å². The number of anilines is 1. The van der Waals surface area contributed by atoms with Crippen molar-refractivity contribution >= 4 is 121 Å². The Balaban J connectivity index is 0.000000159. The first-order chi connectivity index (χ1) is 63.4. The fourth-order valence-electron chi connectivity index (χ4n) is 23.9. The lowest BCUT2D eigenvalue weighted by molar-refractivity contribution is 0.404. The van der Waals surface area contributed by atoms with Crippen LogP contribution in [0.1, 0.15) is 222 Å². The van der Waals surface area contributed by atoms with Gasteiger partial charge in [-0.25, -0.2) is 29.9 Å². The zero-order valence-electron chi connectivity index (χ0n) is 85.4. The Morgan fingerprint density at radius 1 is 0.293 bits per heavy atom. The van der Waals surface area contributed by atoms with E-state index in [1.54, 1.807) is 12.4 Å². The van der Waals surface area contributed by atoms with Crippen LogP contribution in [0.5, 0.6) is 0 Å². The highest BCUT2D eigenvalue weighted by Gasteiger charge is 2.50. The number of benzene rings is 4. The predicted molar refractivity (Wildman–Crippen MR) is 585 cm³/mol. The van der Waals surface area contributed by atoms with E-state index in [4.69, 9.17) is 25.7 Å². The number of nitrogens with zero attached hydrogens (tertiary/aromatic N) is 12. The monoisotopic (exact) mass is 1910 g/mol. The Labute approximate surface area is 809 Å². The molecule has 0 saturated carbocycles. The third-order valence-corrected chi connectivity index (χ3v) is 56.3. The molecule has 4 N–H and O–H groups in total. The van der Waals surface area contributed by atoms with Crippen LogP contribution in [0.3, 0.4) is 0 Å². The standard InChI is InChI=1S/C31H40N2Si.C23H31BrN2Si.C23H33N3Si.C19H33N3Si.C10H13N3.C7H6N2/c1-23(2)34(24(3)4,25(5)6)33-22-29(30-13-10-20-32-31(30)33)21-28-18-16-27(17-19-28)15-14-26-11-8-7-9-12-26;2*1-16(2)27(17(3)4,18(5)6)26-15-20(22-8-7-13-25-23(22)26)14-19-9-11-21(24)12-10-19;1-14(2)23(15(3)4,16(5)6)22-13-17(12-21(7)8)18-10-9-11-20-19(18)22;1-13(2)7-8-6-12-10-9(8)4-3-5-11-10;1-2-6-3-5-9-7(6)8-4-1/h7-13,16-20,22-25H,14-15,21H2,1-6H3;7-13,15-18H,14H2,1-6H3;7-13,15-18H,14,24H2,1-6H3;9-11,13-16H,12H2,1-8H3;3-6H,7H2,1-2H3,(H,11,12);1-5H,(H,8,9). The second-order valence-corrected chi connectivity index (χ2v) is 65.1. The molecule has 0 bridgehead atoms. The van der Waals surface area contributed by atoms with Crippen LogP contribution in [0.25, 0.3) is 66.2 Å². The highest BCUT2D eigenvalue weighted by molar-refractivity contribution is 9.10. The average Bonchev–Trinajstić information content (AvgIpc) is 1.63. The summed E-state index contributed by atoms with van der Waals surface area (Å²) in [6.45, 7) is 59.8. The number of H-pyrrole nitrogens is 2. The summed E-state index contributed by atoms with van der Waals surface area (Å²) >= 11 is 3.54. The highest BCUT2D eigenvalue weighted by atomic mass is 79.9. The van der Waals surface area contributed by atoms with E-state index in [-0.39, 0.29) is 0 Å². The summed E-state index contributed by atoms with van der Waals surface area (Å²) in [5.41, 5.74) is 34.8. The summed E-state index contributed by atoms with van der Waals surface area (Å²) in [5.74, 6) is 0. The minimum absolute atomic E-state index is 0.638. The van der Waals surface area contributed by atoms with E-state index in [9.17, 15) is 0 Å². The van der Waals surface area contributed by atoms with E-state index < -0.39 is 32.9 Å². The minimum atomic E-state index is -1.86. The van der Waals surface area contributed by atoms with Gasteiger partial charge in [0.1, 0.15) is 33.9 Å². The van der Waals surface area contributed by atoms with Crippen LogP contribution in [0.4, 0.5) is 5.69 Å². The van der Waals surface area contributed by atoms with Gasteiger partial charge in [-0.05, 0) is 286 Å². The number of aromatic nitrogens is 12. The van der Waals surface area contributed by atoms with Crippen LogP contribution < -0.4 is 5.73 Å². The van der Waals surface area contributed by atoms with Gasteiger partial charge in [0.05, 0.1) is 0 Å². The van der Waals surface area contributed by atoms with Crippen molar-refractivity contribution in [1.29, 1.82) is 0 Å². The smallest absolute Gasteiger partial charge is 0.171 e. The van der Waals surface area contributed by atoms with Gasteiger partial charge in [-0.3, -0.25) is 0 Å². The van der Waals surface area contributed by atoms with E-state index in [1.165, 1.54) is 99.5 Å². The van der Waals surface area contributed by atoms with Crippen LogP contribution in [-0.2, 0) is 45.2 Å². The molecule has 0 aliphatic carbocycles. The van der Waals surface area contributed by atoms with Crippen LogP contribution in [-0.4, -0.2) is 128 Å². The Kier molecular flexibility index (Phi) is 35.9. The van der Waals surface area contributed by atoms with Crippen LogP contribution >= 0.6 is 15.9 Å². The average molecular weight is 1920 g/mol. The van der Waals surface area contributed by atoms with Gasteiger partial charge >= 0.3 is 0 Å². The predicted octanol–water partition coefficient (Wildman–Crippen LogP) is 30.4. The molecule has 4 aromatic carbocycles. The Morgan fingerprint density at radius 2 is 0.579 bits per heavy atom. The van der Waals surface area contributed by atoms with Crippen molar-refractivity contribution < 1.29 is 0 Å². The number of fused-ring (bicyclic) bond motifs is 6. The number of nitrogens with one attached hydrogen (secondary N) is 2. The molecule has 0 fully saturated rings. The van der Waals surface area contributed by atoms with E-state index in [2.05, 4.69) is 427 Å². The fraction of sp³-hybridized carbons (Fsp3) is 0.416. The molecule has 0 radical (unpaired) electrons. The van der Waals surface area contributed by atoms with Crippen molar-refractivity contribution in [2.75, 3.05) is 33.9 Å². The number of nitrogen functional groups attached to an aromatic ring is 1. The molecule has 16 rings (SSSR count). The molecule has 0 unspecified atom stereocenters. The maximum atomic E-state index is 5.86. The maximum Gasteiger partial charge on any atom is 0.171 e. The third kappa shape index (κ3) is 22.8. The van der Waals surface area contributed by atoms with Crippen LogP contribution in [0, 0.1) is 0 Å². The van der Waals surface area contributed by atoms with E-state index in [1.807, 2.05) is 73.6 Å². The van der Waals surface area contributed by atoms with Crippen molar-refractivity contribution in [2.45, 2.75) is 278 Å². The molecule has 0 saturated heterocycles. The second kappa shape index (κ2) is 46.1. The van der Waals surface area contributed by atoms with Crippen molar-refractivity contribution in [3.05, 3.63) is 316 Å². The summed E-state index contributed by atoms with van der Waals surface area (Å²) in [6, 6.07) is 64.2. The molecule has 133 heavy (non-hydrogen) atoms. The number of aromatic amines is 2. The first-order valence-electron chi connectivity index (χ1n) is 49.0. The van der Waals surface area contributed by atoms with Crippen LogP contribution in [0.15, 0.2) is 261 Å². The molecule has 16 aromatic rings. The third-order valence-electron chi connectivity index (χ3n) is 28.8. The largest absolute Gasteiger partial charge is 0.399 e. The van der Waals surface area contributed by atoms with E-state index in [0.29, 0.717) is 66.5 Å². The highest BCUT2D eigenvalue weighted by Crippen LogP contribution is 2.50. The number of halogens is 1. The van der Waals surface area contributed by atoms with Crippen LogP contribution in [0.2, 0.25) is 66.5 Å². The second-order valence-electron chi connectivity index (χ2n) is 41.3. The van der Waals surface area contributed by atoms with Crippen molar-refractivity contribution in [3.8, 4) is 0 Å². The van der Waals surface area contributed by atoms with Gasteiger partial charge in [0, 0.05) is 130 Å². The zero-order valence-corrected chi connectivity index (χ0v) is 91.0. The Bertz CT molecular complexity index is 6030. The number of aryl methyl sites for hydroxylation is 2. The number of hydrogen-bond donors (Lipinski definition) is 3. The van der Waals surface area contributed by atoms with E-state index in [0.717, 1.165) is 77.7 Å². The van der Waals surface area contributed by atoms with E-state index >= 15 is 0 Å². The van der Waals surface area contributed by atoms with Gasteiger partial charge in [0.25, 0.3) is 0 Å². The summed E-state index contributed by atoms with van der Waals surface area (Å²) in [5, 5.41) is 7.61. The van der Waals surface area contributed by atoms with Crippen molar-refractivity contribution in [1.82, 2.24) is 66.6 Å². The molecule has 15 nitrogen and oxygen atoms in total. The number of nitrogens with two attached hydrogens (primary N) is 1. The first-order valence-corrected chi connectivity index (χ1v) is 58.5. The molecule has 0 aliphatic heterocycles. The topological polar surface area (TPSA) is 161 Å². The summed E-state index contributed by atoms with van der Waals surface area (Å²) in [6.07, 6.45) is 30.0. The molecular formula is C113H156BrN15Si4. The lowest BCUT2D eigenvalue weighted by Crippen LogP contribution is -2.51. The quantitative estimate of drug-likeness (QED) is 0.0306. The molecule has 0 atom stereocenters. The molecule has 0 amide bonds. The minimum Gasteiger partial charge on any atom is -0.399 e. The zero-order chi connectivity index (χ0) is 96.6. The molecule has 0 aliphatic rings. The number of pyridine rings is 6. The lowest BCUT2D eigenvalue weighted by Gasteiger charge is -2.44. The van der Waals surface area contributed by atoms with Gasteiger partial charge in [-0.1, -0.05) is 261 Å². The molecule has 706 valence electrons. The SMILES string of the molecule is CC(C)[Si](C(C)C)(C(C)C)n1cc(CN(C)C)c2cccnc21.CC(C)[Si](C(C)C)(C(C)C)n1cc(Cc2ccc(Br)cc2)c2cccnc21.CC(C)[Si](C(C)C)(C(C)C)n1cc(Cc2ccc(CCc3ccccc3)cc2)c2cccnc21.CC(C)[Si](C(C)C)(C(C)C)n1cc(Cc2ccc(N)cc2)c2cccnc21.CN(C)Cc1c[nH]c2ncccc12.c1cnc2[nH]ccc2c1. The van der Waals surface area contributed by atoms with Crippen molar-refractivity contribution in [2.24, 2.45) is 0 Å². The Hall–Kier alpha value is -9.91. The Morgan fingerprint density at radius 3 is 0.925 bits per heavy atom. The summed E-state index contributed by atoms with van der Waals surface area (Å²) in [4.78, 5) is 38.3. The lowest BCUT2D eigenvalue weighted by atomic mass is 10.0. The fourth-order valence-corrected chi connectivity index (χ4v) is 50.6. The number of hydrogen-bond acceptors (Lipinski definition) is 9. The molecule has 12 aromatic heterocycles. The summed E-state index contributed by atoms with van der Waals surface area (Å²) in [7, 11) is 1.11. The first kappa shape index (κ1) is 104.